The third-order valence-corrected chi connectivity index (χ3v) is 4.60. The Balaban J connectivity index is 2.19. The molecule has 0 aliphatic carbocycles. The van der Waals surface area contributed by atoms with Gasteiger partial charge in [0.05, 0.1) is 6.10 Å². The molecule has 2 rings (SSSR count). The van der Waals surface area contributed by atoms with Gasteiger partial charge in [0.1, 0.15) is 0 Å². The minimum absolute atomic E-state index is 0.431. The van der Waals surface area contributed by atoms with Crippen molar-refractivity contribution in [2.75, 3.05) is 0 Å². The monoisotopic (exact) mass is 352 g/mol. The van der Waals surface area contributed by atoms with Crippen LogP contribution in [-0.4, -0.2) is 5.11 Å². The van der Waals surface area contributed by atoms with Gasteiger partial charge in [-0.05, 0) is 53.1 Å². The molecule has 0 radical (unpaired) electrons. The van der Waals surface area contributed by atoms with Gasteiger partial charge in [0.2, 0.25) is 0 Å². The summed E-state index contributed by atoms with van der Waals surface area (Å²) < 4.78 is 1.16. The summed E-state index contributed by atoms with van der Waals surface area (Å²) >= 11 is 2.31. The van der Waals surface area contributed by atoms with Crippen LogP contribution in [0.2, 0.25) is 0 Å². The van der Waals surface area contributed by atoms with Crippen LogP contribution in [-0.2, 0) is 6.42 Å². The van der Waals surface area contributed by atoms with E-state index in [2.05, 4.69) is 66.8 Å². The maximum Gasteiger partial charge on any atom is 0.0840 e. The van der Waals surface area contributed by atoms with Gasteiger partial charge in [0, 0.05) is 9.99 Å². The maximum absolute atomic E-state index is 10.3. The maximum atomic E-state index is 10.3. The fourth-order valence-electron chi connectivity index (χ4n) is 1.98. The SMILES string of the molecule is Cc1ccc(CC(O)c2cccc(C)c2I)cc1. The molecular weight excluding hydrogens is 335 g/mol. The van der Waals surface area contributed by atoms with Gasteiger partial charge in [-0.2, -0.15) is 0 Å². The van der Waals surface area contributed by atoms with E-state index in [0.29, 0.717) is 6.42 Å². The summed E-state index contributed by atoms with van der Waals surface area (Å²) in [5, 5.41) is 10.3. The first-order valence-corrected chi connectivity index (χ1v) is 7.14. The number of benzene rings is 2. The molecule has 1 unspecified atom stereocenters. The van der Waals surface area contributed by atoms with Crippen LogP contribution in [0.1, 0.15) is 28.4 Å². The highest BCUT2D eigenvalue weighted by molar-refractivity contribution is 14.1. The molecule has 2 heteroatoms. The van der Waals surface area contributed by atoms with Crippen LogP contribution in [0.4, 0.5) is 0 Å². The van der Waals surface area contributed by atoms with Crippen molar-refractivity contribution in [1.82, 2.24) is 0 Å². The van der Waals surface area contributed by atoms with E-state index in [4.69, 9.17) is 0 Å². The second kappa shape index (κ2) is 5.85. The van der Waals surface area contributed by atoms with Crippen molar-refractivity contribution in [2.45, 2.75) is 26.4 Å². The van der Waals surface area contributed by atoms with E-state index >= 15 is 0 Å². The summed E-state index contributed by atoms with van der Waals surface area (Å²) in [4.78, 5) is 0. The zero-order valence-corrected chi connectivity index (χ0v) is 12.8. The molecule has 0 saturated carbocycles. The van der Waals surface area contributed by atoms with E-state index in [1.165, 1.54) is 16.7 Å². The van der Waals surface area contributed by atoms with E-state index in [1.807, 2.05) is 12.1 Å². The second-order valence-corrected chi connectivity index (χ2v) is 5.76. The number of aliphatic hydroxyl groups is 1. The van der Waals surface area contributed by atoms with Crippen molar-refractivity contribution in [3.8, 4) is 0 Å². The van der Waals surface area contributed by atoms with Gasteiger partial charge >= 0.3 is 0 Å². The van der Waals surface area contributed by atoms with E-state index in [1.54, 1.807) is 0 Å². The van der Waals surface area contributed by atoms with Crippen molar-refractivity contribution in [1.29, 1.82) is 0 Å². The Morgan fingerprint density at radius 1 is 1.06 bits per heavy atom. The Morgan fingerprint density at radius 3 is 2.39 bits per heavy atom. The predicted octanol–water partition coefficient (Wildman–Crippen LogP) is 4.18. The van der Waals surface area contributed by atoms with Gasteiger partial charge in [-0.15, -0.1) is 0 Å². The zero-order chi connectivity index (χ0) is 13.1. The summed E-state index contributed by atoms with van der Waals surface area (Å²) in [6.45, 7) is 4.15. The standard InChI is InChI=1S/C16H17IO/c1-11-6-8-13(9-7-11)10-15(18)14-5-3-4-12(2)16(14)17/h3-9,15,18H,10H2,1-2H3. The largest absolute Gasteiger partial charge is 0.388 e. The molecule has 0 saturated heterocycles. The van der Waals surface area contributed by atoms with Crippen molar-refractivity contribution in [3.63, 3.8) is 0 Å². The highest BCUT2D eigenvalue weighted by atomic mass is 127. The molecule has 0 bridgehead atoms. The Hall–Kier alpha value is -0.870. The van der Waals surface area contributed by atoms with Crippen molar-refractivity contribution >= 4 is 22.6 Å². The summed E-state index contributed by atoms with van der Waals surface area (Å²) in [6, 6.07) is 14.4. The van der Waals surface area contributed by atoms with Crippen molar-refractivity contribution in [2.24, 2.45) is 0 Å². The first-order valence-electron chi connectivity index (χ1n) is 6.06. The van der Waals surface area contributed by atoms with Crippen LogP contribution in [0.15, 0.2) is 42.5 Å². The quantitative estimate of drug-likeness (QED) is 0.822. The van der Waals surface area contributed by atoms with E-state index < -0.39 is 6.10 Å². The first kappa shape index (κ1) is 13.6. The molecule has 1 atom stereocenters. The number of aryl methyl sites for hydroxylation is 2. The third-order valence-electron chi connectivity index (χ3n) is 3.13. The lowest BCUT2D eigenvalue weighted by atomic mass is 9.99. The summed E-state index contributed by atoms with van der Waals surface area (Å²) in [5.74, 6) is 0. The molecule has 0 aromatic heterocycles. The lowest BCUT2D eigenvalue weighted by molar-refractivity contribution is 0.177. The van der Waals surface area contributed by atoms with Crippen LogP contribution >= 0.6 is 22.6 Å². The lowest BCUT2D eigenvalue weighted by Crippen LogP contribution is -2.04. The first-order chi connectivity index (χ1) is 8.58. The van der Waals surface area contributed by atoms with Crippen LogP contribution in [0.3, 0.4) is 0 Å². The van der Waals surface area contributed by atoms with Gasteiger partial charge in [-0.1, -0.05) is 48.0 Å². The molecule has 2 aromatic rings. The Bertz CT molecular complexity index is 531. The van der Waals surface area contributed by atoms with E-state index in [9.17, 15) is 5.11 Å². The third kappa shape index (κ3) is 3.12. The van der Waals surface area contributed by atoms with Crippen LogP contribution in [0.25, 0.3) is 0 Å². The van der Waals surface area contributed by atoms with Gasteiger partial charge in [0.15, 0.2) is 0 Å². The summed E-state index contributed by atoms with van der Waals surface area (Å²) in [6.07, 6.45) is 0.235. The predicted molar refractivity (Wildman–Crippen MR) is 83.7 cm³/mol. The average Bonchev–Trinajstić information content (AvgIpc) is 2.35. The molecule has 18 heavy (non-hydrogen) atoms. The van der Waals surface area contributed by atoms with Crippen LogP contribution in [0.5, 0.6) is 0 Å². The van der Waals surface area contributed by atoms with Crippen molar-refractivity contribution < 1.29 is 5.11 Å². The lowest BCUT2D eigenvalue weighted by Gasteiger charge is -2.14. The number of halogens is 1. The molecule has 0 aliphatic heterocycles. The molecule has 94 valence electrons. The molecular formula is C16H17IO. The highest BCUT2D eigenvalue weighted by Gasteiger charge is 2.12. The van der Waals surface area contributed by atoms with E-state index in [0.717, 1.165) is 9.13 Å². The molecule has 0 aliphatic rings. The number of aliphatic hydroxyl groups excluding tert-OH is 1. The van der Waals surface area contributed by atoms with Crippen molar-refractivity contribution in [3.05, 3.63) is 68.3 Å². The fourth-order valence-corrected chi connectivity index (χ4v) is 2.70. The molecule has 0 fully saturated rings. The van der Waals surface area contributed by atoms with E-state index in [-0.39, 0.29) is 0 Å². The average molecular weight is 352 g/mol. The molecule has 0 amide bonds. The zero-order valence-electron chi connectivity index (χ0n) is 10.7. The minimum atomic E-state index is -0.431. The Kier molecular flexibility index (Phi) is 4.40. The van der Waals surface area contributed by atoms with Gasteiger partial charge in [0.25, 0.3) is 0 Å². The molecule has 0 heterocycles. The molecule has 0 spiro atoms. The van der Waals surface area contributed by atoms with Gasteiger partial charge in [-0.25, -0.2) is 0 Å². The summed E-state index contributed by atoms with van der Waals surface area (Å²) in [7, 11) is 0. The van der Waals surface area contributed by atoms with Gasteiger partial charge < -0.3 is 5.11 Å². The smallest absolute Gasteiger partial charge is 0.0840 e. The van der Waals surface area contributed by atoms with Crippen LogP contribution < -0.4 is 0 Å². The van der Waals surface area contributed by atoms with Gasteiger partial charge in [-0.3, -0.25) is 0 Å². The molecule has 1 N–H and O–H groups in total. The minimum Gasteiger partial charge on any atom is -0.388 e. The normalized spacial score (nSPS) is 12.4. The Morgan fingerprint density at radius 2 is 1.72 bits per heavy atom. The molecule has 1 nitrogen and oxygen atoms in total. The molecule has 2 aromatic carbocycles. The Labute approximate surface area is 122 Å². The number of rotatable bonds is 3. The topological polar surface area (TPSA) is 20.2 Å². The highest BCUT2D eigenvalue weighted by Crippen LogP contribution is 2.25. The number of hydrogen-bond donors (Lipinski definition) is 1. The van der Waals surface area contributed by atoms with Crippen LogP contribution in [0, 0.1) is 17.4 Å². The summed E-state index contributed by atoms with van der Waals surface area (Å²) in [5.41, 5.74) is 4.66. The fraction of sp³-hybridized carbons (Fsp3) is 0.250. The second-order valence-electron chi connectivity index (χ2n) is 4.68. The number of hydrogen-bond acceptors (Lipinski definition) is 1.